The highest BCUT2D eigenvalue weighted by molar-refractivity contribution is 7.98. The van der Waals surface area contributed by atoms with Crippen LogP contribution in [0.15, 0.2) is 65.6 Å². The van der Waals surface area contributed by atoms with Crippen LogP contribution < -0.4 is 21.3 Å². The molecule has 0 atom stereocenters. The lowest BCUT2D eigenvalue weighted by Gasteiger charge is -2.14. The number of nitrogens with two attached hydrogens (primary N) is 1. The van der Waals surface area contributed by atoms with E-state index in [4.69, 9.17) is 25.5 Å². The van der Waals surface area contributed by atoms with Crippen LogP contribution in [0.1, 0.15) is 20.7 Å². The van der Waals surface area contributed by atoms with Gasteiger partial charge in [-0.2, -0.15) is 0 Å². The smallest absolute Gasteiger partial charge is 0.277 e. The molecule has 0 heterocycles. The zero-order valence-electron chi connectivity index (χ0n) is 19.9. The molecule has 12 heteroatoms. The second-order valence-corrected chi connectivity index (χ2v) is 7.95. The van der Waals surface area contributed by atoms with Gasteiger partial charge in [0.15, 0.2) is 0 Å². The molecule has 37 heavy (non-hydrogen) atoms. The monoisotopic (exact) mass is 535 g/mol. The number of ether oxygens (including phenoxy) is 1. The van der Waals surface area contributed by atoms with Crippen LogP contribution in [0.3, 0.4) is 0 Å². The Bertz CT molecular complexity index is 1200. The van der Waals surface area contributed by atoms with E-state index in [1.807, 2.05) is 6.26 Å². The average molecular weight is 536 g/mol. The number of aliphatic hydroxyl groups excluding tert-OH is 2. The van der Waals surface area contributed by atoms with Gasteiger partial charge in [0.2, 0.25) is 0 Å². The normalized spacial score (nSPS) is 10.2. The number of carbonyl (C=O) groups is 2. The third-order valence-corrected chi connectivity index (χ3v) is 5.28. The molecule has 198 valence electrons. The summed E-state index contributed by atoms with van der Waals surface area (Å²) in [4.78, 5) is 28.4. The summed E-state index contributed by atoms with van der Waals surface area (Å²) >= 11 is 1.38. The molecule has 9 nitrogen and oxygen atoms in total. The van der Waals surface area contributed by atoms with Crippen molar-refractivity contribution in [2.24, 2.45) is 5.73 Å². The maximum atomic E-state index is 14.1. The Kier molecular flexibility index (Phi) is 12.3. The Balaban J connectivity index is 0.000000312. The van der Waals surface area contributed by atoms with Crippen LogP contribution in [0.2, 0.25) is 0 Å². The maximum absolute atomic E-state index is 14.1. The SMILES string of the molecule is CSc1ccc(Nc2c(F)cccc2C(=O)NOCCO)c(F)c1.NC(=O)c1ccccc1OCCO. The molecule has 0 spiro atoms. The van der Waals surface area contributed by atoms with Gasteiger partial charge in [-0.25, -0.2) is 14.3 Å². The van der Waals surface area contributed by atoms with Gasteiger partial charge in [0.25, 0.3) is 11.8 Å². The Labute approximate surface area is 216 Å². The van der Waals surface area contributed by atoms with Crippen molar-refractivity contribution in [2.75, 3.05) is 38.0 Å². The van der Waals surface area contributed by atoms with E-state index in [1.54, 1.807) is 30.3 Å². The molecule has 2 amide bonds. The van der Waals surface area contributed by atoms with Gasteiger partial charge in [0.05, 0.1) is 42.3 Å². The first-order chi connectivity index (χ1) is 17.8. The van der Waals surface area contributed by atoms with Crippen LogP contribution in [-0.4, -0.2) is 54.7 Å². The van der Waals surface area contributed by atoms with E-state index < -0.39 is 23.4 Å². The number of hydroxylamine groups is 1. The zero-order chi connectivity index (χ0) is 27.2. The highest BCUT2D eigenvalue weighted by Crippen LogP contribution is 2.28. The lowest BCUT2D eigenvalue weighted by atomic mass is 10.1. The van der Waals surface area contributed by atoms with Gasteiger partial charge in [-0.3, -0.25) is 14.4 Å². The summed E-state index contributed by atoms with van der Waals surface area (Å²) in [6.45, 7) is -0.312. The van der Waals surface area contributed by atoms with Crippen LogP contribution >= 0.6 is 11.8 Å². The molecule has 0 saturated heterocycles. The molecule has 0 saturated carbocycles. The van der Waals surface area contributed by atoms with E-state index in [-0.39, 0.29) is 43.4 Å². The first kappa shape index (κ1) is 29.5. The number of aliphatic hydroxyl groups is 2. The topological polar surface area (TPSA) is 143 Å². The molecule has 0 aliphatic rings. The van der Waals surface area contributed by atoms with Crippen molar-refractivity contribution < 1.29 is 38.2 Å². The summed E-state index contributed by atoms with van der Waals surface area (Å²) < 4.78 is 33.3. The van der Waals surface area contributed by atoms with Gasteiger partial charge in [-0.05, 0) is 48.7 Å². The van der Waals surface area contributed by atoms with Gasteiger partial charge in [0, 0.05) is 4.90 Å². The fourth-order valence-electron chi connectivity index (χ4n) is 2.87. The molecule has 0 aromatic heterocycles. The fourth-order valence-corrected chi connectivity index (χ4v) is 3.29. The van der Waals surface area contributed by atoms with Gasteiger partial charge in [-0.1, -0.05) is 18.2 Å². The van der Waals surface area contributed by atoms with E-state index in [0.717, 1.165) is 11.0 Å². The number of carbonyl (C=O) groups excluding carboxylic acids is 2. The number of para-hydroxylation sites is 2. The predicted molar refractivity (Wildman–Crippen MR) is 136 cm³/mol. The number of anilines is 2. The number of halogens is 2. The third kappa shape index (κ3) is 9.03. The second kappa shape index (κ2) is 15.4. The first-order valence-corrected chi connectivity index (χ1v) is 12.1. The Morgan fingerprint density at radius 3 is 2.30 bits per heavy atom. The van der Waals surface area contributed by atoms with Crippen molar-refractivity contribution in [3.63, 3.8) is 0 Å². The number of nitrogens with one attached hydrogen (secondary N) is 2. The van der Waals surface area contributed by atoms with Crippen molar-refractivity contribution in [1.29, 1.82) is 0 Å². The van der Waals surface area contributed by atoms with Gasteiger partial charge in [-0.15, -0.1) is 11.8 Å². The second-order valence-electron chi connectivity index (χ2n) is 7.07. The van der Waals surface area contributed by atoms with Crippen molar-refractivity contribution >= 4 is 35.0 Å². The summed E-state index contributed by atoms with van der Waals surface area (Å²) in [5.74, 6) is -2.12. The average Bonchev–Trinajstić information content (AvgIpc) is 2.90. The Hall–Kier alpha value is -3.71. The highest BCUT2D eigenvalue weighted by Gasteiger charge is 2.17. The van der Waals surface area contributed by atoms with Gasteiger partial charge >= 0.3 is 0 Å². The predicted octanol–water partition coefficient (Wildman–Crippen LogP) is 3.24. The minimum absolute atomic E-state index is 0.0447. The lowest BCUT2D eigenvalue weighted by molar-refractivity contribution is 0.0168. The number of primary amides is 1. The molecule has 3 aromatic carbocycles. The Morgan fingerprint density at radius 2 is 1.65 bits per heavy atom. The largest absolute Gasteiger partial charge is 0.490 e. The van der Waals surface area contributed by atoms with E-state index in [2.05, 4.69) is 10.8 Å². The maximum Gasteiger partial charge on any atom is 0.277 e. The molecular formula is C25H27F2N3O6S. The van der Waals surface area contributed by atoms with E-state index >= 15 is 0 Å². The van der Waals surface area contributed by atoms with Crippen molar-refractivity contribution in [1.82, 2.24) is 5.48 Å². The molecule has 0 aliphatic carbocycles. The van der Waals surface area contributed by atoms with Crippen molar-refractivity contribution in [3.05, 3.63) is 83.4 Å². The minimum Gasteiger partial charge on any atom is -0.490 e. The Morgan fingerprint density at radius 1 is 0.946 bits per heavy atom. The zero-order valence-corrected chi connectivity index (χ0v) is 20.7. The summed E-state index contributed by atoms with van der Waals surface area (Å²) in [6.07, 6.45) is 1.81. The molecule has 0 radical (unpaired) electrons. The molecule has 0 unspecified atom stereocenters. The lowest BCUT2D eigenvalue weighted by Crippen LogP contribution is -2.26. The van der Waals surface area contributed by atoms with Crippen LogP contribution in [0, 0.1) is 11.6 Å². The van der Waals surface area contributed by atoms with E-state index in [0.29, 0.717) is 11.3 Å². The van der Waals surface area contributed by atoms with Crippen LogP contribution in [0.5, 0.6) is 5.75 Å². The molecule has 3 aromatic rings. The number of thioether (sulfide) groups is 1. The number of amides is 2. The number of hydrogen-bond donors (Lipinski definition) is 5. The quantitative estimate of drug-likeness (QED) is 0.143. The first-order valence-electron chi connectivity index (χ1n) is 10.9. The molecule has 0 aliphatic heterocycles. The molecule has 0 bridgehead atoms. The van der Waals surface area contributed by atoms with E-state index in [9.17, 15) is 18.4 Å². The van der Waals surface area contributed by atoms with Gasteiger partial charge in [0.1, 0.15) is 24.0 Å². The van der Waals surface area contributed by atoms with E-state index in [1.165, 1.54) is 36.0 Å². The molecular weight excluding hydrogens is 508 g/mol. The summed E-state index contributed by atoms with van der Waals surface area (Å²) in [7, 11) is 0. The van der Waals surface area contributed by atoms with Crippen molar-refractivity contribution in [3.8, 4) is 5.75 Å². The molecule has 3 rings (SSSR count). The number of benzene rings is 3. The summed E-state index contributed by atoms with van der Waals surface area (Å²) in [5.41, 5.74) is 7.34. The summed E-state index contributed by atoms with van der Waals surface area (Å²) in [6, 6.07) is 15.0. The van der Waals surface area contributed by atoms with Crippen LogP contribution in [0.4, 0.5) is 20.2 Å². The number of hydrogen-bond acceptors (Lipinski definition) is 8. The number of rotatable bonds is 11. The standard InChI is InChI=1S/C16H16F2N2O3S.C9H11NO3/c1-24-10-5-6-14(13(18)9-10)19-15-11(3-2-4-12(15)17)16(22)20-23-8-7-21;10-9(12)7-3-1-2-4-8(7)13-6-5-11/h2-6,9,19,21H,7-8H2,1H3,(H,20,22);1-4,11H,5-6H2,(H2,10,12). The third-order valence-electron chi connectivity index (χ3n) is 4.55. The molecule has 6 N–H and O–H groups in total. The van der Waals surface area contributed by atoms with Crippen LogP contribution in [0.25, 0.3) is 0 Å². The molecule has 0 fully saturated rings. The highest BCUT2D eigenvalue weighted by atomic mass is 32.2. The van der Waals surface area contributed by atoms with Gasteiger partial charge < -0.3 is 26.0 Å². The van der Waals surface area contributed by atoms with Crippen LogP contribution in [-0.2, 0) is 4.84 Å². The summed E-state index contributed by atoms with van der Waals surface area (Å²) in [5, 5.41) is 19.7. The minimum atomic E-state index is -0.716. The fraction of sp³-hybridized carbons (Fsp3) is 0.200. The van der Waals surface area contributed by atoms with Crippen molar-refractivity contribution in [2.45, 2.75) is 4.90 Å².